The molecule has 0 spiro atoms. The van der Waals surface area contributed by atoms with E-state index in [9.17, 15) is 13.2 Å². The van der Waals surface area contributed by atoms with Crippen molar-refractivity contribution in [2.24, 2.45) is 4.99 Å². The van der Waals surface area contributed by atoms with E-state index in [2.05, 4.69) is 20.6 Å². The molecule has 1 saturated heterocycles. The van der Waals surface area contributed by atoms with Crippen LogP contribution in [-0.2, 0) is 15.7 Å². The summed E-state index contributed by atoms with van der Waals surface area (Å²) in [5.74, 6) is 0.494. The highest BCUT2D eigenvalue weighted by Crippen LogP contribution is 2.32. The molecule has 0 amide bonds. The quantitative estimate of drug-likeness (QED) is 0.223. The zero-order chi connectivity index (χ0) is 20.6. The molecular weight excluding hydrogens is 528 g/mol. The Morgan fingerprint density at radius 3 is 2.83 bits per heavy atom. The summed E-state index contributed by atoms with van der Waals surface area (Å²) >= 11 is 5.79. The molecule has 166 valence electrons. The van der Waals surface area contributed by atoms with Crippen LogP contribution in [0.5, 0.6) is 5.88 Å². The van der Waals surface area contributed by atoms with Gasteiger partial charge in [-0.2, -0.15) is 13.2 Å². The van der Waals surface area contributed by atoms with Crippen LogP contribution in [0.3, 0.4) is 0 Å². The van der Waals surface area contributed by atoms with Gasteiger partial charge in [0, 0.05) is 25.9 Å². The monoisotopic (exact) mass is 552 g/mol. The second kappa shape index (κ2) is 12.6. The van der Waals surface area contributed by atoms with Gasteiger partial charge in [-0.3, -0.25) is 4.99 Å². The van der Waals surface area contributed by atoms with Gasteiger partial charge in [-0.25, -0.2) is 4.98 Å². The SMILES string of the molecule is CN=C(NCCOc1ncc(C(F)(F)F)cc1Cl)NC(C)COC1CCOC1.I. The first-order chi connectivity index (χ1) is 13.3. The van der Waals surface area contributed by atoms with Crippen molar-refractivity contribution in [3.8, 4) is 5.88 Å². The molecule has 0 aliphatic carbocycles. The van der Waals surface area contributed by atoms with E-state index in [0.29, 0.717) is 31.9 Å². The predicted octanol–water partition coefficient (Wildman–Crippen LogP) is 3.11. The first-order valence-corrected chi connectivity index (χ1v) is 9.19. The Labute approximate surface area is 189 Å². The third-order valence-electron chi connectivity index (χ3n) is 3.84. The molecule has 1 fully saturated rings. The summed E-state index contributed by atoms with van der Waals surface area (Å²) in [7, 11) is 1.63. The molecule has 1 aromatic heterocycles. The summed E-state index contributed by atoms with van der Waals surface area (Å²) in [5, 5.41) is 6.02. The van der Waals surface area contributed by atoms with Gasteiger partial charge in [0.15, 0.2) is 5.96 Å². The van der Waals surface area contributed by atoms with E-state index in [0.717, 1.165) is 19.1 Å². The van der Waals surface area contributed by atoms with Crippen molar-refractivity contribution in [3.63, 3.8) is 0 Å². The molecule has 7 nitrogen and oxygen atoms in total. The van der Waals surface area contributed by atoms with Crippen LogP contribution in [0.15, 0.2) is 17.3 Å². The molecule has 29 heavy (non-hydrogen) atoms. The highest BCUT2D eigenvalue weighted by Gasteiger charge is 2.31. The molecule has 1 aliphatic heterocycles. The maximum atomic E-state index is 12.6. The minimum absolute atomic E-state index is 0. The van der Waals surface area contributed by atoms with Crippen molar-refractivity contribution < 1.29 is 27.4 Å². The molecule has 2 N–H and O–H groups in total. The van der Waals surface area contributed by atoms with Gasteiger partial charge < -0.3 is 24.8 Å². The Bertz CT molecular complexity index is 661. The van der Waals surface area contributed by atoms with Crippen LogP contribution in [0.2, 0.25) is 5.02 Å². The number of hydrogen-bond acceptors (Lipinski definition) is 5. The molecule has 2 heterocycles. The smallest absolute Gasteiger partial charge is 0.417 e. The summed E-state index contributed by atoms with van der Waals surface area (Å²) in [6, 6.07) is 0.813. The van der Waals surface area contributed by atoms with Crippen molar-refractivity contribution in [1.82, 2.24) is 15.6 Å². The molecule has 1 aromatic rings. The van der Waals surface area contributed by atoms with E-state index in [-0.39, 0.29) is 53.6 Å². The molecule has 0 radical (unpaired) electrons. The normalized spacial score (nSPS) is 18.1. The van der Waals surface area contributed by atoms with Crippen molar-refractivity contribution >= 4 is 41.5 Å². The van der Waals surface area contributed by atoms with Crippen LogP contribution in [0, 0.1) is 0 Å². The van der Waals surface area contributed by atoms with E-state index in [1.807, 2.05) is 6.92 Å². The fourth-order valence-corrected chi connectivity index (χ4v) is 2.62. The van der Waals surface area contributed by atoms with Gasteiger partial charge in [-0.1, -0.05) is 11.6 Å². The van der Waals surface area contributed by atoms with E-state index in [4.69, 9.17) is 25.8 Å². The average molecular weight is 553 g/mol. The van der Waals surface area contributed by atoms with E-state index < -0.39 is 11.7 Å². The molecule has 0 aromatic carbocycles. The number of nitrogens with zero attached hydrogens (tertiary/aromatic N) is 2. The minimum Gasteiger partial charge on any atom is -0.475 e. The second-order valence-electron chi connectivity index (χ2n) is 6.22. The van der Waals surface area contributed by atoms with Gasteiger partial charge in [0.25, 0.3) is 0 Å². The highest BCUT2D eigenvalue weighted by molar-refractivity contribution is 14.0. The van der Waals surface area contributed by atoms with E-state index in [1.165, 1.54) is 0 Å². The van der Waals surface area contributed by atoms with Gasteiger partial charge in [-0.05, 0) is 19.4 Å². The van der Waals surface area contributed by atoms with Crippen LogP contribution in [0.25, 0.3) is 0 Å². The number of guanidine groups is 1. The fourth-order valence-electron chi connectivity index (χ4n) is 2.40. The van der Waals surface area contributed by atoms with Gasteiger partial charge >= 0.3 is 6.18 Å². The fraction of sp³-hybridized carbons (Fsp3) is 0.647. The van der Waals surface area contributed by atoms with Gasteiger partial charge in [0.2, 0.25) is 5.88 Å². The zero-order valence-corrected chi connectivity index (χ0v) is 19.2. The Kier molecular flexibility index (Phi) is 11.3. The molecule has 2 rings (SSSR count). The number of halogens is 5. The van der Waals surface area contributed by atoms with Crippen LogP contribution in [-0.4, -0.2) is 63.1 Å². The zero-order valence-electron chi connectivity index (χ0n) is 16.1. The predicted molar refractivity (Wildman–Crippen MR) is 114 cm³/mol. The summed E-state index contributed by atoms with van der Waals surface area (Å²) in [4.78, 5) is 7.72. The number of aromatic nitrogens is 1. The molecule has 12 heteroatoms. The second-order valence-corrected chi connectivity index (χ2v) is 6.63. The highest BCUT2D eigenvalue weighted by atomic mass is 127. The number of alkyl halides is 3. The summed E-state index contributed by atoms with van der Waals surface area (Å²) in [6.45, 7) is 4.32. The van der Waals surface area contributed by atoms with Crippen molar-refractivity contribution in [1.29, 1.82) is 0 Å². The van der Waals surface area contributed by atoms with Gasteiger partial charge in [0.1, 0.15) is 11.6 Å². The number of ether oxygens (including phenoxy) is 3. The van der Waals surface area contributed by atoms with Crippen LogP contribution >= 0.6 is 35.6 Å². The Morgan fingerprint density at radius 1 is 1.48 bits per heavy atom. The van der Waals surface area contributed by atoms with Gasteiger partial charge in [0.05, 0.1) is 31.4 Å². The Hall–Kier alpha value is -1.05. The van der Waals surface area contributed by atoms with Crippen LogP contribution in [0.1, 0.15) is 18.9 Å². The van der Waals surface area contributed by atoms with Crippen molar-refractivity contribution in [2.75, 3.05) is 40.0 Å². The number of aliphatic imine (C=N–C) groups is 1. The maximum absolute atomic E-state index is 12.6. The molecule has 2 unspecified atom stereocenters. The lowest BCUT2D eigenvalue weighted by atomic mass is 10.3. The first-order valence-electron chi connectivity index (χ1n) is 8.81. The summed E-state index contributed by atoms with van der Waals surface area (Å²) < 4.78 is 54.1. The third kappa shape index (κ3) is 9.09. The molecule has 0 bridgehead atoms. The number of nitrogens with one attached hydrogen (secondary N) is 2. The average Bonchev–Trinajstić information content (AvgIpc) is 3.16. The number of hydrogen-bond donors (Lipinski definition) is 2. The Balaban J connectivity index is 0.00000420. The summed E-state index contributed by atoms with van der Waals surface area (Å²) in [6.07, 6.45) is -2.78. The molecule has 1 aliphatic rings. The van der Waals surface area contributed by atoms with Crippen molar-refractivity contribution in [2.45, 2.75) is 31.7 Å². The lowest BCUT2D eigenvalue weighted by molar-refractivity contribution is -0.137. The molecule has 2 atom stereocenters. The van der Waals surface area contributed by atoms with Crippen LogP contribution < -0.4 is 15.4 Å². The number of pyridine rings is 1. The van der Waals surface area contributed by atoms with E-state index >= 15 is 0 Å². The number of rotatable bonds is 8. The maximum Gasteiger partial charge on any atom is 0.417 e. The standard InChI is InChI=1S/C17H24ClF3N4O3.HI/c1-11(9-28-13-3-5-26-10-13)25-16(22-2)23-4-6-27-15-14(18)7-12(8-24-15)17(19,20)21;/h7-8,11,13H,3-6,9-10H2,1-2H3,(H2,22,23,25);1H. The lowest BCUT2D eigenvalue weighted by Gasteiger charge is -2.19. The minimum atomic E-state index is -4.50. The summed E-state index contributed by atoms with van der Waals surface area (Å²) in [5.41, 5.74) is -0.923. The Morgan fingerprint density at radius 2 is 2.24 bits per heavy atom. The van der Waals surface area contributed by atoms with Crippen LogP contribution in [0.4, 0.5) is 13.2 Å². The molecule has 0 saturated carbocycles. The van der Waals surface area contributed by atoms with Crippen molar-refractivity contribution in [3.05, 3.63) is 22.8 Å². The first kappa shape index (κ1) is 26.0. The van der Waals surface area contributed by atoms with E-state index in [1.54, 1.807) is 7.05 Å². The largest absolute Gasteiger partial charge is 0.475 e. The van der Waals surface area contributed by atoms with Gasteiger partial charge in [-0.15, -0.1) is 24.0 Å². The molecular formula is C17H25ClF3IN4O3. The topological polar surface area (TPSA) is 77.0 Å². The third-order valence-corrected chi connectivity index (χ3v) is 4.12. The lowest BCUT2D eigenvalue weighted by Crippen LogP contribution is -2.45.